The zero-order valence-corrected chi connectivity index (χ0v) is 16.0. The maximum Gasteiger partial charge on any atom is 0.260 e. The third kappa shape index (κ3) is 4.59. The fourth-order valence-corrected chi connectivity index (χ4v) is 3.01. The molecule has 0 radical (unpaired) electrons. The van der Waals surface area contributed by atoms with Crippen molar-refractivity contribution in [2.45, 2.75) is 33.2 Å². The Morgan fingerprint density at radius 3 is 2.81 bits per heavy atom. The Bertz CT molecular complexity index is 945. The first-order valence-corrected chi connectivity index (χ1v) is 9.19. The number of rotatable bonds is 7. The summed E-state index contributed by atoms with van der Waals surface area (Å²) in [4.78, 5) is 34.5. The summed E-state index contributed by atoms with van der Waals surface area (Å²) in [7, 11) is 1.66. The number of carbonyl (C=O) groups is 2. The van der Waals surface area contributed by atoms with Crippen LogP contribution in [0, 0.1) is 6.92 Å². The van der Waals surface area contributed by atoms with Crippen molar-refractivity contribution in [3.05, 3.63) is 46.4 Å². The zero-order chi connectivity index (χ0) is 19.4. The first-order valence-electron chi connectivity index (χ1n) is 8.31. The molecule has 0 saturated carbocycles. The van der Waals surface area contributed by atoms with Crippen LogP contribution in [0.15, 0.2) is 26.6 Å². The molecule has 0 aliphatic rings. The van der Waals surface area contributed by atoms with E-state index in [2.05, 4.69) is 20.4 Å². The molecule has 3 aromatic heterocycles. The third-order valence-corrected chi connectivity index (χ3v) is 4.64. The summed E-state index contributed by atoms with van der Waals surface area (Å²) in [5.41, 5.74) is 1.03. The Kier molecular flexibility index (Phi) is 5.65. The molecule has 0 aliphatic heterocycles. The highest BCUT2D eigenvalue weighted by Crippen LogP contribution is 2.19. The number of aromatic nitrogens is 3. The number of aryl methyl sites for hydroxylation is 2. The number of thiazole rings is 1. The Labute approximate surface area is 159 Å². The molecule has 3 aromatic rings. The molecule has 142 valence electrons. The Morgan fingerprint density at radius 2 is 2.15 bits per heavy atom. The molecular formula is C17H19N5O4S. The topological polar surface area (TPSA) is 114 Å². The highest BCUT2D eigenvalue weighted by molar-refractivity contribution is 7.14. The van der Waals surface area contributed by atoms with Crippen LogP contribution in [0.25, 0.3) is 0 Å². The van der Waals surface area contributed by atoms with Crippen LogP contribution in [-0.2, 0) is 24.2 Å². The maximum absolute atomic E-state index is 12.4. The quantitative estimate of drug-likeness (QED) is 0.660. The van der Waals surface area contributed by atoms with Gasteiger partial charge in [0.05, 0.1) is 30.5 Å². The molecule has 0 atom stereocenters. The molecule has 9 nitrogen and oxygen atoms in total. The number of hydrogen-bond acceptors (Lipinski definition) is 8. The molecule has 0 aliphatic carbocycles. The van der Waals surface area contributed by atoms with Gasteiger partial charge in [-0.1, -0.05) is 12.1 Å². The number of carbonyl (C=O) groups excluding carboxylic acids is 2. The highest BCUT2D eigenvalue weighted by atomic mass is 32.1. The zero-order valence-electron chi connectivity index (χ0n) is 15.2. The van der Waals surface area contributed by atoms with Crippen molar-refractivity contribution in [1.82, 2.24) is 20.0 Å². The largest absolute Gasteiger partial charge is 0.469 e. The fourth-order valence-electron chi connectivity index (χ4n) is 2.31. The van der Waals surface area contributed by atoms with Crippen molar-refractivity contribution in [1.29, 1.82) is 0 Å². The van der Waals surface area contributed by atoms with E-state index in [-0.39, 0.29) is 24.8 Å². The molecule has 0 unspecified atom stereocenters. The van der Waals surface area contributed by atoms with E-state index < -0.39 is 0 Å². The molecule has 0 saturated heterocycles. The van der Waals surface area contributed by atoms with E-state index in [1.165, 1.54) is 22.5 Å². The van der Waals surface area contributed by atoms with E-state index in [9.17, 15) is 9.59 Å². The normalized spacial score (nSPS) is 10.8. The molecule has 3 heterocycles. The fraction of sp³-hybridized carbons (Fsp3) is 0.353. The highest BCUT2D eigenvalue weighted by Gasteiger charge is 2.17. The summed E-state index contributed by atoms with van der Waals surface area (Å²) in [5.74, 6) is 1.10. The van der Waals surface area contributed by atoms with Gasteiger partial charge in [-0.25, -0.2) is 4.98 Å². The van der Waals surface area contributed by atoms with E-state index >= 15 is 0 Å². The lowest BCUT2D eigenvalue weighted by molar-refractivity contribution is -0.130. The predicted molar refractivity (Wildman–Crippen MR) is 97.4 cm³/mol. The molecule has 0 fully saturated rings. The minimum absolute atomic E-state index is 0.113. The van der Waals surface area contributed by atoms with Gasteiger partial charge in [-0.15, -0.1) is 11.3 Å². The van der Waals surface area contributed by atoms with Crippen LogP contribution in [0.4, 0.5) is 5.13 Å². The van der Waals surface area contributed by atoms with Crippen molar-refractivity contribution in [3.8, 4) is 0 Å². The van der Waals surface area contributed by atoms with Crippen LogP contribution in [0.5, 0.6) is 0 Å². The van der Waals surface area contributed by atoms with Crippen LogP contribution in [0.3, 0.4) is 0 Å². The molecule has 2 amide bonds. The average Bonchev–Trinajstić information content (AvgIpc) is 3.36. The van der Waals surface area contributed by atoms with E-state index in [4.69, 9.17) is 8.94 Å². The summed E-state index contributed by atoms with van der Waals surface area (Å²) in [6.45, 7) is 3.87. The van der Waals surface area contributed by atoms with Gasteiger partial charge in [0.25, 0.3) is 5.91 Å². The lowest BCUT2D eigenvalue weighted by Crippen LogP contribution is -2.28. The van der Waals surface area contributed by atoms with Gasteiger partial charge in [-0.05, 0) is 13.0 Å². The van der Waals surface area contributed by atoms with Crippen LogP contribution in [-0.4, -0.2) is 38.9 Å². The van der Waals surface area contributed by atoms with Crippen LogP contribution >= 0.6 is 11.3 Å². The monoisotopic (exact) mass is 389 g/mol. The molecule has 0 aromatic carbocycles. The molecule has 10 heteroatoms. The van der Waals surface area contributed by atoms with Crippen LogP contribution in [0.2, 0.25) is 0 Å². The number of anilines is 1. The number of nitrogens with zero attached hydrogens (tertiary/aromatic N) is 4. The first-order chi connectivity index (χ1) is 13.0. The number of likely N-dealkylation sites (N-methyl/N-ethyl adjacent to an activating group) is 1. The number of amides is 2. The Balaban J connectivity index is 1.55. The van der Waals surface area contributed by atoms with Gasteiger partial charge in [0.15, 0.2) is 11.0 Å². The van der Waals surface area contributed by atoms with Crippen molar-refractivity contribution < 1.29 is 18.5 Å². The van der Waals surface area contributed by atoms with Gasteiger partial charge < -0.3 is 13.8 Å². The summed E-state index contributed by atoms with van der Waals surface area (Å²) < 4.78 is 10.2. The summed E-state index contributed by atoms with van der Waals surface area (Å²) in [5, 5.41) is 8.68. The third-order valence-electron chi connectivity index (χ3n) is 3.83. The van der Waals surface area contributed by atoms with Gasteiger partial charge >= 0.3 is 0 Å². The van der Waals surface area contributed by atoms with Gasteiger partial charge in [0.2, 0.25) is 11.8 Å². The standard InChI is InChI=1S/C17H19N5O4S/c1-4-13-19-14(26-21-13)8-22(3)15(23)7-11-9-27-17(18-11)20-16(24)12-5-6-25-10(12)2/h5-6,9H,4,7-8H2,1-3H3,(H,18,20,24). The van der Waals surface area contributed by atoms with Gasteiger partial charge in [0, 0.05) is 18.8 Å². The van der Waals surface area contributed by atoms with E-state index in [1.54, 1.807) is 25.4 Å². The number of nitrogens with one attached hydrogen (secondary N) is 1. The minimum atomic E-state index is -0.297. The van der Waals surface area contributed by atoms with Crippen molar-refractivity contribution in [3.63, 3.8) is 0 Å². The smallest absolute Gasteiger partial charge is 0.260 e. The van der Waals surface area contributed by atoms with E-state index in [0.717, 1.165) is 0 Å². The Morgan fingerprint density at radius 1 is 1.33 bits per heavy atom. The second-order valence-corrected chi connectivity index (χ2v) is 6.73. The first kappa shape index (κ1) is 18.8. The van der Waals surface area contributed by atoms with Crippen molar-refractivity contribution >= 4 is 28.3 Å². The lowest BCUT2D eigenvalue weighted by Gasteiger charge is -2.13. The molecule has 3 rings (SSSR count). The average molecular weight is 389 g/mol. The second kappa shape index (κ2) is 8.12. The van der Waals surface area contributed by atoms with Gasteiger partial charge in [-0.2, -0.15) is 4.98 Å². The molecular weight excluding hydrogens is 370 g/mol. The van der Waals surface area contributed by atoms with Crippen LogP contribution < -0.4 is 5.32 Å². The van der Waals surface area contributed by atoms with Crippen LogP contribution in [0.1, 0.15) is 40.5 Å². The predicted octanol–water partition coefficient (Wildman–Crippen LogP) is 2.44. The Hall–Kier alpha value is -3.01. The summed E-state index contributed by atoms with van der Waals surface area (Å²) >= 11 is 1.26. The number of furan rings is 1. The van der Waals surface area contributed by atoms with E-state index in [1.807, 2.05) is 6.92 Å². The summed E-state index contributed by atoms with van der Waals surface area (Å²) in [6.07, 6.45) is 2.24. The SMILES string of the molecule is CCc1noc(CN(C)C(=O)Cc2csc(NC(=O)c3ccoc3C)n2)n1. The molecule has 0 bridgehead atoms. The maximum atomic E-state index is 12.4. The summed E-state index contributed by atoms with van der Waals surface area (Å²) in [6, 6.07) is 1.60. The van der Waals surface area contributed by atoms with Gasteiger partial charge in [-0.3, -0.25) is 14.9 Å². The van der Waals surface area contributed by atoms with Crippen molar-refractivity contribution in [2.24, 2.45) is 0 Å². The van der Waals surface area contributed by atoms with Crippen molar-refractivity contribution in [2.75, 3.05) is 12.4 Å². The molecule has 0 spiro atoms. The van der Waals surface area contributed by atoms with E-state index in [0.29, 0.717) is 40.3 Å². The second-order valence-electron chi connectivity index (χ2n) is 5.87. The van der Waals surface area contributed by atoms with Gasteiger partial charge in [0.1, 0.15) is 5.76 Å². The minimum Gasteiger partial charge on any atom is -0.469 e. The molecule has 1 N–H and O–H groups in total. The number of hydrogen-bond donors (Lipinski definition) is 1. The molecule has 27 heavy (non-hydrogen) atoms. The lowest BCUT2D eigenvalue weighted by atomic mass is 10.2.